The summed E-state index contributed by atoms with van der Waals surface area (Å²) in [6.45, 7) is 1.36. The van der Waals surface area contributed by atoms with Crippen LogP contribution in [0.2, 0.25) is 0 Å². The first-order chi connectivity index (χ1) is 10.6. The van der Waals surface area contributed by atoms with Crippen molar-refractivity contribution in [3.63, 3.8) is 0 Å². The van der Waals surface area contributed by atoms with Gasteiger partial charge < -0.3 is 10.0 Å². The summed E-state index contributed by atoms with van der Waals surface area (Å²) in [5.74, 6) is -0.800. The maximum absolute atomic E-state index is 12.4. The predicted octanol–water partition coefficient (Wildman–Crippen LogP) is 2.86. The van der Waals surface area contributed by atoms with E-state index in [4.69, 9.17) is 5.11 Å². The van der Waals surface area contributed by atoms with Crippen LogP contribution in [0.5, 0.6) is 0 Å². The molecular formula is C16H16N2O3S. The fraction of sp³-hybridized carbons (Fsp3) is 0.312. The van der Waals surface area contributed by atoms with Gasteiger partial charge in [0.25, 0.3) is 5.91 Å². The lowest BCUT2D eigenvalue weighted by Gasteiger charge is -2.31. The van der Waals surface area contributed by atoms with Crippen molar-refractivity contribution >= 4 is 23.2 Å². The molecular weight excluding hydrogens is 300 g/mol. The lowest BCUT2D eigenvalue weighted by molar-refractivity contribution is 0.0688. The number of thiophene rings is 1. The van der Waals surface area contributed by atoms with Crippen LogP contribution in [0.1, 0.15) is 45.3 Å². The quantitative estimate of drug-likeness (QED) is 0.945. The van der Waals surface area contributed by atoms with Gasteiger partial charge in [-0.1, -0.05) is 6.07 Å². The fourth-order valence-electron chi connectivity index (χ4n) is 2.76. The molecule has 0 atom stereocenters. The molecule has 0 spiro atoms. The number of nitrogens with zero attached hydrogens (tertiary/aromatic N) is 2. The first-order valence-electron chi connectivity index (χ1n) is 7.17. The zero-order valence-corrected chi connectivity index (χ0v) is 12.8. The molecule has 1 amide bonds. The van der Waals surface area contributed by atoms with Crippen molar-refractivity contribution in [3.05, 3.63) is 52.0 Å². The molecule has 0 aliphatic carbocycles. The van der Waals surface area contributed by atoms with Gasteiger partial charge in [0.05, 0.1) is 0 Å². The fourth-order valence-corrected chi connectivity index (χ4v) is 3.50. The van der Waals surface area contributed by atoms with Crippen LogP contribution in [0.15, 0.2) is 35.0 Å². The third-order valence-corrected chi connectivity index (χ3v) is 4.69. The molecule has 1 fully saturated rings. The van der Waals surface area contributed by atoms with E-state index < -0.39 is 5.97 Å². The lowest BCUT2D eigenvalue weighted by Crippen LogP contribution is -2.38. The summed E-state index contributed by atoms with van der Waals surface area (Å²) in [6, 6.07) is 6.66. The smallest absolute Gasteiger partial charge is 0.354 e. The average Bonchev–Trinajstić information content (AvgIpc) is 3.09. The van der Waals surface area contributed by atoms with Crippen LogP contribution < -0.4 is 0 Å². The highest BCUT2D eigenvalue weighted by Crippen LogP contribution is 2.29. The number of piperidine rings is 1. The number of aromatic carboxylic acids is 1. The topological polar surface area (TPSA) is 70.5 Å². The van der Waals surface area contributed by atoms with Crippen molar-refractivity contribution in [2.45, 2.75) is 18.8 Å². The van der Waals surface area contributed by atoms with Crippen molar-refractivity contribution in [2.24, 2.45) is 0 Å². The van der Waals surface area contributed by atoms with Crippen LogP contribution in [0, 0.1) is 0 Å². The molecule has 3 heterocycles. The largest absolute Gasteiger partial charge is 0.477 e. The first-order valence-corrected chi connectivity index (χ1v) is 8.11. The molecule has 2 aromatic rings. The molecule has 0 unspecified atom stereocenters. The van der Waals surface area contributed by atoms with Gasteiger partial charge in [-0.3, -0.25) is 4.79 Å². The Morgan fingerprint density at radius 2 is 1.91 bits per heavy atom. The van der Waals surface area contributed by atoms with E-state index in [2.05, 4.69) is 21.8 Å². The van der Waals surface area contributed by atoms with Crippen LogP contribution in [-0.2, 0) is 0 Å². The highest BCUT2D eigenvalue weighted by atomic mass is 32.1. The van der Waals surface area contributed by atoms with E-state index in [1.54, 1.807) is 28.4 Å². The lowest BCUT2D eigenvalue weighted by atomic mass is 9.91. The van der Waals surface area contributed by atoms with Gasteiger partial charge in [0, 0.05) is 13.1 Å². The summed E-state index contributed by atoms with van der Waals surface area (Å²) in [5, 5.41) is 13.2. The van der Waals surface area contributed by atoms with Crippen molar-refractivity contribution < 1.29 is 14.7 Å². The number of likely N-dealkylation sites (tertiary alicyclic amines) is 1. The number of rotatable bonds is 3. The Labute approximate surface area is 132 Å². The van der Waals surface area contributed by atoms with Gasteiger partial charge in [0.15, 0.2) is 0 Å². The number of pyridine rings is 1. The Bertz CT molecular complexity index is 676. The third-order valence-electron chi connectivity index (χ3n) is 3.98. The molecule has 1 N–H and O–H groups in total. The van der Waals surface area contributed by atoms with Crippen LogP contribution in [0.4, 0.5) is 0 Å². The minimum atomic E-state index is -1.12. The highest BCUT2D eigenvalue weighted by molar-refractivity contribution is 7.07. The van der Waals surface area contributed by atoms with Gasteiger partial charge >= 0.3 is 5.97 Å². The number of carboxylic acids is 1. The summed E-state index contributed by atoms with van der Waals surface area (Å²) in [6.07, 6.45) is 1.86. The predicted molar refractivity (Wildman–Crippen MR) is 83.4 cm³/mol. The molecule has 0 bridgehead atoms. The van der Waals surface area contributed by atoms with Crippen LogP contribution in [-0.4, -0.2) is 40.0 Å². The minimum absolute atomic E-state index is 0.0981. The maximum Gasteiger partial charge on any atom is 0.354 e. The van der Waals surface area contributed by atoms with E-state index in [-0.39, 0.29) is 17.3 Å². The maximum atomic E-state index is 12.4. The Morgan fingerprint density at radius 3 is 2.55 bits per heavy atom. The van der Waals surface area contributed by atoms with Gasteiger partial charge in [-0.25, -0.2) is 9.78 Å². The average molecular weight is 316 g/mol. The zero-order valence-electron chi connectivity index (χ0n) is 11.9. The molecule has 5 nitrogen and oxygen atoms in total. The molecule has 6 heteroatoms. The van der Waals surface area contributed by atoms with Crippen molar-refractivity contribution in [2.75, 3.05) is 13.1 Å². The van der Waals surface area contributed by atoms with Crippen LogP contribution in [0.25, 0.3) is 0 Å². The van der Waals surface area contributed by atoms with Gasteiger partial charge in [-0.2, -0.15) is 11.3 Å². The molecule has 0 saturated carbocycles. The van der Waals surface area contributed by atoms with Crippen molar-refractivity contribution in [3.8, 4) is 0 Å². The van der Waals surface area contributed by atoms with Gasteiger partial charge in [0.2, 0.25) is 0 Å². The number of hydrogen-bond donors (Lipinski definition) is 1. The Hall–Kier alpha value is -2.21. The number of carbonyl (C=O) groups excluding carboxylic acids is 1. The summed E-state index contributed by atoms with van der Waals surface area (Å²) in [7, 11) is 0. The second-order valence-electron chi connectivity index (χ2n) is 5.34. The van der Waals surface area contributed by atoms with Crippen LogP contribution >= 0.6 is 11.3 Å². The molecule has 2 aromatic heterocycles. The molecule has 1 aliphatic rings. The normalized spacial score (nSPS) is 15.7. The Morgan fingerprint density at radius 1 is 1.18 bits per heavy atom. The molecule has 0 radical (unpaired) electrons. The van der Waals surface area contributed by atoms with Crippen molar-refractivity contribution in [1.82, 2.24) is 9.88 Å². The molecule has 0 aromatic carbocycles. The van der Waals surface area contributed by atoms with E-state index in [1.807, 2.05) is 0 Å². The number of amides is 1. The SMILES string of the molecule is O=C(O)c1cccc(C(=O)N2CCC(c3ccsc3)CC2)n1. The monoisotopic (exact) mass is 316 g/mol. The highest BCUT2D eigenvalue weighted by Gasteiger charge is 2.25. The molecule has 1 aliphatic heterocycles. The zero-order chi connectivity index (χ0) is 15.5. The molecule has 1 saturated heterocycles. The number of carboxylic acid groups (broad SMARTS) is 1. The number of aromatic nitrogens is 1. The number of carbonyl (C=O) groups is 2. The first kappa shape index (κ1) is 14.7. The van der Waals surface area contributed by atoms with E-state index in [0.29, 0.717) is 19.0 Å². The third kappa shape index (κ3) is 3.01. The molecule has 22 heavy (non-hydrogen) atoms. The summed E-state index contributed by atoms with van der Waals surface area (Å²) >= 11 is 1.70. The van der Waals surface area contributed by atoms with E-state index in [9.17, 15) is 9.59 Å². The Balaban J connectivity index is 1.67. The number of hydrogen-bond acceptors (Lipinski definition) is 4. The van der Waals surface area contributed by atoms with Gasteiger partial charge in [-0.15, -0.1) is 0 Å². The minimum Gasteiger partial charge on any atom is -0.477 e. The van der Waals surface area contributed by atoms with E-state index in [1.165, 1.54) is 11.6 Å². The summed E-state index contributed by atoms with van der Waals surface area (Å²) < 4.78 is 0. The second kappa shape index (κ2) is 6.27. The van der Waals surface area contributed by atoms with E-state index in [0.717, 1.165) is 12.8 Å². The molecule has 3 rings (SSSR count). The van der Waals surface area contributed by atoms with Gasteiger partial charge in [-0.05, 0) is 53.3 Å². The summed E-state index contributed by atoms with van der Waals surface area (Å²) in [5.41, 5.74) is 1.45. The second-order valence-corrected chi connectivity index (χ2v) is 6.12. The van der Waals surface area contributed by atoms with Gasteiger partial charge in [0.1, 0.15) is 11.4 Å². The van der Waals surface area contributed by atoms with Crippen LogP contribution in [0.3, 0.4) is 0 Å². The molecule has 114 valence electrons. The van der Waals surface area contributed by atoms with Crippen molar-refractivity contribution in [1.29, 1.82) is 0 Å². The standard InChI is InChI=1S/C16H16N2O3S/c19-15(13-2-1-3-14(17-13)16(20)21)18-7-4-11(5-8-18)12-6-9-22-10-12/h1-3,6,9-11H,4-5,7-8H2,(H,20,21). The summed E-state index contributed by atoms with van der Waals surface area (Å²) in [4.78, 5) is 29.1. The Kier molecular flexibility index (Phi) is 4.20. The van der Waals surface area contributed by atoms with E-state index >= 15 is 0 Å².